The third-order valence-electron chi connectivity index (χ3n) is 3.05. The van der Waals surface area contributed by atoms with Crippen molar-refractivity contribution < 1.29 is 4.39 Å². The van der Waals surface area contributed by atoms with E-state index in [0.29, 0.717) is 17.4 Å². The molecule has 0 radical (unpaired) electrons. The van der Waals surface area contributed by atoms with Gasteiger partial charge < -0.3 is 4.90 Å². The summed E-state index contributed by atoms with van der Waals surface area (Å²) >= 11 is 5.65. The molecule has 0 amide bonds. The van der Waals surface area contributed by atoms with Crippen LogP contribution in [0.2, 0.25) is 0 Å². The minimum atomic E-state index is -0.276. The van der Waals surface area contributed by atoms with Crippen molar-refractivity contribution in [1.82, 2.24) is 4.98 Å². The Kier molecular flexibility index (Phi) is 3.10. The molecule has 1 aromatic heterocycles. The zero-order valence-corrected chi connectivity index (χ0v) is 9.47. The summed E-state index contributed by atoms with van der Waals surface area (Å²) in [6.45, 7) is 0. The lowest BCUT2D eigenvalue weighted by atomic mass is 9.92. The Morgan fingerprint density at radius 1 is 1.60 bits per heavy atom. The molecule has 82 valence electrons. The molecule has 2 nitrogen and oxygen atoms in total. The fourth-order valence-corrected chi connectivity index (χ4v) is 1.97. The summed E-state index contributed by atoms with van der Waals surface area (Å²) in [6, 6.07) is 2.07. The topological polar surface area (TPSA) is 16.1 Å². The average molecular weight is 229 g/mol. The zero-order valence-electron chi connectivity index (χ0n) is 8.71. The van der Waals surface area contributed by atoms with Crippen LogP contribution in [0.25, 0.3) is 0 Å². The van der Waals surface area contributed by atoms with Gasteiger partial charge in [0.15, 0.2) is 11.6 Å². The van der Waals surface area contributed by atoms with Gasteiger partial charge in [-0.05, 0) is 25.3 Å². The van der Waals surface area contributed by atoms with E-state index in [4.69, 9.17) is 11.6 Å². The van der Waals surface area contributed by atoms with Gasteiger partial charge in [0.25, 0.3) is 0 Å². The molecular formula is C11H14ClFN2. The highest BCUT2D eigenvalue weighted by Gasteiger charge is 2.25. The minimum Gasteiger partial charge on any atom is -0.354 e. The van der Waals surface area contributed by atoms with Crippen molar-refractivity contribution in [2.75, 3.05) is 11.9 Å². The van der Waals surface area contributed by atoms with Crippen LogP contribution < -0.4 is 4.90 Å². The largest absolute Gasteiger partial charge is 0.354 e. The molecule has 1 aromatic rings. The van der Waals surface area contributed by atoms with Crippen LogP contribution in [0.15, 0.2) is 12.3 Å². The Balaban J connectivity index is 2.26. The van der Waals surface area contributed by atoms with E-state index in [9.17, 15) is 4.39 Å². The van der Waals surface area contributed by atoms with Gasteiger partial charge in [-0.25, -0.2) is 9.37 Å². The van der Waals surface area contributed by atoms with E-state index in [2.05, 4.69) is 4.98 Å². The van der Waals surface area contributed by atoms with Gasteiger partial charge in [0, 0.05) is 24.8 Å². The van der Waals surface area contributed by atoms with Crippen molar-refractivity contribution >= 4 is 17.4 Å². The molecule has 0 saturated heterocycles. The van der Waals surface area contributed by atoms with E-state index in [1.807, 2.05) is 11.9 Å². The van der Waals surface area contributed by atoms with Crippen LogP contribution >= 0.6 is 11.6 Å². The van der Waals surface area contributed by atoms with Gasteiger partial charge in [-0.3, -0.25) is 0 Å². The molecule has 0 unspecified atom stereocenters. The third-order valence-corrected chi connectivity index (χ3v) is 3.34. The second-order valence-corrected chi connectivity index (χ2v) is 4.20. The highest BCUT2D eigenvalue weighted by Crippen LogP contribution is 2.29. The van der Waals surface area contributed by atoms with Crippen LogP contribution in [0.5, 0.6) is 0 Å². The summed E-state index contributed by atoms with van der Waals surface area (Å²) in [6.07, 6.45) is 5.10. The van der Waals surface area contributed by atoms with Crippen LogP contribution in [0.3, 0.4) is 0 Å². The van der Waals surface area contributed by atoms with Gasteiger partial charge >= 0.3 is 0 Å². The van der Waals surface area contributed by atoms with E-state index in [0.717, 1.165) is 12.8 Å². The van der Waals surface area contributed by atoms with Gasteiger partial charge in [0.2, 0.25) is 0 Å². The van der Waals surface area contributed by atoms with Crippen molar-refractivity contribution in [3.05, 3.63) is 23.6 Å². The summed E-state index contributed by atoms with van der Waals surface area (Å²) in [5, 5.41) is 0. The van der Waals surface area contributed by atoms with Gasteiger partial charge in [0.05, 0.1) is 5.88 Å². The second kappa shape index (κ2) is 4.35. The van der Waals surface area contributed by atoms with Crippen molar-refractivity contribution in [2.45, 2.75) is 31.2 Å². The molecule has 1 aliphatic carbocycles. The smallest absolute Gasteiger partial charge is 0.170 e. The van der Waals surface area contributed by atoms with Crippen molar-refractivity contribution in [1.29, 1.82) is 0 Å². The first-order valence-corrected chi connectivity index (χ1v) is 5.69. The molecule has 1 saturated carbocycles. The predicted molar refractivity (Wildman–Crippen MR) is 59.8 cm³/mol. The van der Waals surface area contributed by atoms with Crippen LogP contribution in [-0.2, 0) is 5.88 Å². The standard InChI is InChI=1S/C11H14ClFN2/c1-15(9-3-2-4-9)11-10(13)8(7-12)5-6-14-11/h5-6,9H,2-4,7H2,1H3. The van der Waals surface area contributed by atoms with Gasteiger partial charge in [0.1, 0.15) is 0 Å². The quantitative estimate of drug-likeness (QED) is 0.740. The number of nitrogens with zero attached hydrogens (tertiary/aromatic N) is 2. The zero-order chi connectivity index (χ0) is 10.8. The Hall–Kier alpha value is -0.830. The minimum absolute atomic E-state index is 0.194. The summed E-state index contributed by atoms with van der Waals surface area (Å²) in [5.74, 6) is 0.347. The highest BCUT2D eigenvalue weighted by molar-refractivity contribution is 6.17. The monoisotopic (exact) mass is 228 g/mol. The number of alkyl halides is 1. The molecule has 0 bridgehead atoms. The predicted octanol–water partition coefficient (Wildman–Crippen LogP) is 2.95. The van der Waals surface area contributed by atoms with Crippen molar-refractivity contribution in [3.8, 4) is 0 Å². The van der Waals surface area contributed by atoms with E-state index in [1.54, 1.807) is 12.3 Å². The fraction of sp³-hybridized carbons (Fsp3) is 0.545. The lowest BCUT2D eigenvalue weighted by Crippen LogP contribution is -2.38. The number of aromatic nitrogens is 1. The highest BCUT2D eigenvalue weighted by atomic mass is 35.5. The van der Waals surface area contributed by atoms with Crippen molar-refractivity contribution in [3.63, 3.8) is 0 Å². The number of hydrogen-bond acceptors (Lipinski definition) is 2. The Morgan fingerprint density at radius 3 is 2.87 bits per heavy atom. The maximum absolute atomic E-state index is 13.9. The van der Waals surface area contributed by atoms with Gasteiger partial charge in [-0.1, -0.05) is 0 Å². The first kappa shape index (κ1) is 10.7. The lowest BCUT2D eigenvalue weighted by molar-refractivity contribution is 0.395. The van der Waals surface area contributed by atoms with Crippen LogP contribution in [0.4, 0.5) is 10.2 Å². The molecule has 1 fully saturated rings. The maximum Gasteiger partial charge on any atom is 0.170 e. The molecule has 2 rings (SSSR count). The van der Waals surface area contributed by atoms with E-state index in [1.165, 1.54) is 6.42 Å². The second-order valence-electron chi connectivity index (χ2n) is 3.94. The molecule has 15 heavy (non-hydrogen) atoms. The molecule has 0 aliphatic heterocycles. The summed E-state index contributed by atoms with van der Waals surface area (Å²) < 4.78 is 13.9. The Labute approximate surface area is 94.1 Å². The molecule has 1 heterocycles. The summed E-state index contributed by atoms with van der Waals surface area (Å²) in [4.78, 5) is 6.01. The first-order chi connectivity index (χ1) is 7.24. The number of rotatable bonds is 3. The number of hydrogen-bond donors (Lipinski definition) is 0. The van der Waals surface area contributed by atoms with E-state index < -0.39 is 0 Å². The molecule has 4 heteroatoms. The van der Waals surface area contributed by atoms with E-state index >= 15 is 0 Å². The molecular weight excluding hydrogens is 215 g/mol. The SMILES string of the molecule is CN(c1nccc(CCl)c1F)C1CCC1. The number of pyridine rings is 1. The normalized spacial score (nSPS) is 16.2. The van der Waals surface area contributed by atoms with Crippen molar-refractivity contribution in [2.24, 2.45) is 0 Å². The fourth-order valence-electron chi connectivity index (χ4n) is 1.77. The molecule has 1 aliphatic rings. The third kappa shape index (κ3) is 1.93. The molecule has 0 atom stereocenters. The summed E-state index contributed by atoms with van der Waals surface area (Å²) in [5.41, 5.74) is 0.521. The van der Waals surface area contributed by atoms with E-state index in [-0.39, 0.29) is 11.7 Å². The number of anilines is 1. The number of halogens is 2. The van der Waals surface area contributed by atoms with Crippen LogP contribution in [0, 0.1) is 5.82 Å². The Morgan fingerprint density at radius 2 is 2.33 bits per heavy atom. The summed E-state index contributed by atoms with van der Waals surface area (Å²) in [7, 11) is 1.90. The molecule has 0 aromatic carbocycles. The molecule has 0 N–H and O–H groups in total. The van der Waals surface area contributed by atoms with Crippen LogP contribution in [-0.4, -0.2) is 18.1 Å². The van der Waals surface area contributed by atoms with Crippen LogP contribution in [0.1, 0.15) is 24.8 Å². The van der Waals surface area contributed by atoms with Gasteiger partial charge in [-0.2, -0.15) is 0 Å². The van der Waals surface area contributed by atoms with Gasteiger partial charge in [-0.15, -0.1) is 11.6 Å². The Bertz CT molecular complexity index is 352. The lowest BCUT2D eigenvalue weighted by Gasteiger charge is -2.35. The average Bonchev–Trinajstić information content (AvgIpc) is 2.15. The molecule has 0 spiro atoms. The maximum atomic E-state index is 13.9. The first-order valence-electron chi connectivity index (χ1n) is 5.16.